The number of nitrogens with zero attached hydrogens (tertiary/aromatic N) is 3. The average Bonchev–Trinajstić information content (AvgIpc) is 2.41. The normalized spacial score (nSPS) is 14.1. The Morgan fingerprint density at radius 3 is 2.18 bits per heavy atom. The molecule has 0 saturated heterocycles. The summed E-state index contributed by atoms with van der Waals surface area (Å²) in [5.74, 6) is 0.157. The van der Waals surface area contributed by atoms with E-state index in [0.29, 0.717) is 12.8 Å². The molecule has 0 fully saturated rings. The molecular weight excluding hydrogens is 321 g/mol. The molecule has 0 aliphatic carbocycles. The third-order valence-corrected chi connectivity index (χ3v) is 3.31. The molecule has 22 heavy (non-hydrogen) atoms. The number of hydrogen-bond donors (Lipinski definition) is 0. The van der Waals surface area contributed by atoms with Crippen molar-refractivity contribution in [2.24, 2.45) is 10.00 Å². The van der Waals surface area contributed by atoms with Crippen LogP contribution in [0.3, 0.4) is 0 Å². The summed E-state index contributed by atoms with van der Waals surface area (Å²) in [7, 11) is -4.45. The van der Waals surface area contributed by atoms with E-state index in [1.807, 2.05) is 18.7 Å². The topological polar surface area (TPSA) is 37.2 Å². The fourth-order valence-electron chi connectivity index (χ4n) is 1.71. The Kier molecular flexibility index (Phi) is 5.73. The fraction of sp³-hybridized carbons (Fsp3) is 0.538. The van der Waals surface area contributed by atoms with Crippen molar-refractivity contribution >= 4 is 19.4 Å². The molecule has 9 heteroatoms. The number of rotatable bonds is 7. The molecule has 0 aromatic heterocycles. The van der Waals surface area contributed by atoms with Gasteiger partial charge in [0, 0.05) is 0 Å². The van der Waals surface area contributed by atoms with Crippen molar-refractivity contribution in [3.63, 3.8) is 0 Å². The van der Waals surface area contributed by atoms with Crippen molar-refractivity contribution in [1.29, 1.82) is 0 Å². The molecule has 0 bridgehead atoms. The van der Waals surface area contributed by atoms with Gasteiger partial charge >= 0.3 is 127 Å². The third kappa shape index (κ3) is 6.13. The molecule has 1 aromatic carbocycles. The average molecular weight is 341 g/mol. The molecule has 4 nitrogen and oxygen atoms in total. The summed E-state index contributed by atoms with van der Waals surface area (Å²) in [4.78, 5) is 3.72. The van der Waals surface area contributed by atoms with E-state index in [2.05, 4.69) is 5.11 Å². The van der Waals surface area contributed by atoms with Crippen molar-refractivity contribution in [2.45, 2.75) is 32.8 Å². The summed E-state index contributed by atoms with van der Waals surface area (Å²) in [6.07, 6.45) is 1.22. The first-order chi connectivity index (χ1) is 10.0. The Hall–Kier alpha value is -1.43. The zero-order valence-electron chi connectivity index (χ0n) is 12.9. The zero-order chi connectivity index (χ0) is 17.0. The summed E-state index contributed by atoms with van der Waals surface area (Å²) in [6.45, 7) is 3.81. The van der Waals surface area contributed by atoms with Crippen molar-refractivity contribution in [1.82, 2.24) is 0 Å². The molecule has 126 valence electrons. The number of ether oxygens (including phenoxy) is 1. The van der Waals surface area contributed by atoms with Crippen LogP contribution in [-0.2, 0) is 0 Å². The first kappa shape index (κ1) is 18.6. The van der Waals surface area contributed by atoms with Gasteiger partial charge in [-0.25, -0.2) is 0 Å². The van der Waals surface area contributed by atoms with Gasteiger partial charge in [0.05, 0.1) is 0 Å². The Labute approximate surface area is 127 Å². The van der Waals surface area contributed by atoms with Crippen LogP contribution in [0.2, 0.25) is 0 Å². The SMILES string of the molecule is CCC(CC)Oc1cc(N(C)C)ccc1N=NP(F)(F)(F)F. The monoisotopic (exact) mass is 341 g/mol. The van der Waals surface area contributed by atoms with Gasteiger partial charge in [0.2, 0.25) is 0 Å². The van der Waals surface area contributed by atoms with Crippen LogP contribution in [0.1, 0.15) is 26.7 Å². The summed E-state index contributed by atoms with van der Waals surface area (Å²) in [5, 5.41) is 3.01. The molecular formula is C13H20F4N3OP. The van der Waals surface area contributed by atoms with Gasteiger partial charge in [-0.1, -0.05) is 0 Å². The zero-order valence-corrected chi connectivity index (χ0v) is 13.8. The molecule has 1 aromatic rings. The molecule has 0 heterocycles. The minimum atomic E-state index is -8.03. The standard InChI is InChI=1S/C13H20F4N3OP/c1-5-11(6-2)21-13-9-10(20(3)4)7-8-12(13)18-19-22(14,15,16)17/h7-9,11H,5-6H2,1-4H3. The van der Waals surface area contributed by atoms with Gasteiger partial charge in [-0.2, -0.15) is 0 Å². The second kappa shape index (κ2) is 6.77. The number of hydrogen-bond acceptors (Lipinski definition) is 4. The molecule has 0 aliphatic rings. The molecule has 1 rings (SSSR count). The van der Waals surface area contributed by atoms with Gasteiger partial charge in [-0.3, -0.25) is 0 Å². The van der Waals surface area contributed by atoms with Crippen molar-refractivity contribution < 1.29 is 21.5 Å². The quantitative estimate of drug-likeness (QED) is 0.326. The van der Waals surface area contributed by atoms with E-state index < -0.39 is 8.00 Å². The Balaban J connectivity index is 3.20. The summed E-state index contributed by atoms with van der Waals surface area (Å²) in [6, 6.07) is 4.46. The van der Waals surface area contributed by atoms with Crippen molar-refractivity contribution in [3.05, 3.63) is 18.2 Å². The van der Waals surface area contributed by atoms with Gasteiger partial charge in [0.25, 0.3) is 0 Å². The van der Waals surface area contributed by atoms with E-state index in [1.54, 1.807) is 31.1 Å². The number of halogens is 4. The Morgan fingerprint density at radius 1 is 1.14 bits per heavy atom. The molecule has 0 atom stereocenters. The van der Waals surface area contributed by atoms with Gasteiger partial charge in [0.1, 0.15) is 0 Å². The van der Waals surface area contributed by atoms with E-state index in [4.69, 9.17) is 4.74 Å². The van der Waals surface area contributed by atoms with Crippen LogP contribution >= 0.6 is 8.00 Å². The van der Waals surface area contributed by atoms with Crippen LogP contribution < -0.4 is 9.64 Å². The molecule has 0 saturated carbocycles. The maximum atomic E-state index is 12.3. The molecule has 0 amide bonds. The van der Waals surface area contributed by atoms with E-state index in [1.165, 1.54) is 6.07 Å². The third-order valence-electron chi connectivity index (χ3n) is 2.95. The van der Waals surface area contributed by atoms with Crippen molar-refractivity contribution in [2.75, 3.05) is 19.0 Å². The van der Waals surface area contributed by atoms with E-state index in [0.717, 1.165) is 5.69 Å². The number of benzene rings is 1. The second-order valence-electron chi connectivity index (χ2n) is 4.98. The van der Waals surface area contributed by atoms with Crippen LogP contribution in [0, 0.1) is 0 Å². The van der Waals surface area contributed by atoms with E-state index in [-0.39, 0.29) is 17.5 Å². The van der Waals surface area contributed by atoms with Crippen LogP contribution in [-0.4, -0.2) is 20.2 Å². The second-order valence-corrected chi connectivity index (χ2v) is 6.53. The van der Waals surface area contributed by atoms with Crippen LogP contribution in [0.5, 0.6) is 5.75 Å². The van der Waals surface area contributed by atoms with Crippen molar-refractivity contribution in [3.8, 4) is 5.75 Å². The van der Waals surface area contributed by atoms with Crippen LogP contribution in [0.4, 0.5) is 28.2 Å². The summed E-state index contributed by atoms with van der Waals surface area (Å²) in [5.41, 5.74) is 0.593. The predicted molar refractivity (Wildman–Crippen MR) is 81.6 cm³/mol. The summed E-state index contributed by atoms with van der Waals surface area (Å²) < 4.78 is 54.9. The summed E-state index contributed by atoms with van der Waals surface area (Å²) >= 11 is 0. The van der Waals surface area contributed by atoms with Gasteiger partial charge < -0.3 is 0 Å². The first-order valence-electron chi connectivity index (χ1n) is 6.83. The van der Waals surface area contributed by atoms with Crippen LogP contribution in [0.25, 0.3) is 0 Å². The molecule has 0 unspecified atom stereocenters. The molecule has 0 radical (unpaired) electrons. The maximum absolute atomic E-state index is 12.3. The fourth-order valence-corrected chi connectivity index (χ4v) is 1.94. The first-order valence-corrected chi connectivity index (χ1v) is 8.58. The molecule has 0 aliphatic heterocycles. The predicted octanol–water partition coefficient (Wildman–Crippen LogP) is 6.41. The van der Waals surface area contributed by atoms with Gasteiger partial charge in [-0.05, 0) is 0 Å². The Morgan fingerprint density at radius 2 is 1.73 bits per heavy atom. The Bertz CT molecular complexity index is 533. The molecule has 0 spiro atoms. The number of anilines is 1. The van der Waals surface area contributed by atoms with Gasteiger partial charge in [0.15, 0.2) is 0 Å². The molecule has 0 N–H and O–H groups in total. The minimum absolute atomic E-state index is 0.142. The van der Waals surface area contributed by atoms with E-state index >= 15 is 0 Å². The van der Waals surface area contributed by atoms with Crippen LogP contribution in [0.15, 0.2) is 28.2 Å². The van der Waals surface area contributed by atoms with E-state index in [9.17, 15) is 16.8 Å². The van der Waals surface area contributed by atoms with Gasteiger partial charge in [-0.15, -0.1) is 0 Å².